The topological polar surface area (TPSA) is 30.5 Å². The van der Waals surface area contributed by atoms with Crippen molar-refractivity contribution in [1.82, 2.24) is 18.4 Å². The number of rotatable bonds is 2. The van der Waals surface area contributed by atoms with Gasteiger partial charge in [-0.05, 0) is 96.2 Å². The number of hydrogen-bond donors (Lipinski definition) is 2. The van der Waals surface area contributed by atoms with Gasteiger partial charge in [-0.25, -0.2) is 0 Å². The largest absolute Gasteiger partial charge is 0.309 e. The molecule has 1 aliphatic rings. The Balaban J connectivity index is 3.52. The van der Waals surface area contributed by atoms with Gasteiger partial charge in [0.2, 0.25) is 0 Å². The minimum atomic E-state index is -1.98. The Morgan fingerprint density at radius 1 is 0.500 bits per heavy atom. The fourth-order valence-corrected chi connectivity index (χ4v) is 22.2. The van der Waals surface area contributed by atoms with Gasteiger partial charge >= 0.3 is 0 Å². The quantitative estimate of drug-likeness (QED) is 0.714. The first-order valence-electron chi connectivity index (χ1n) is 9.34. The first kappa shape index (κ1) is 22.3. The summed E-state index contributed by atoms with van der Waals surface area (Å²) >= 11 is 0. The van der Waals surface area contributed by atoms with Gasteiger partial charge in [0.1, 0.15) is 0 Å². The van der Waals surface area contributed by atoms with E-state index in [1.54, 1.807) is 0 Å². The smallest absolute Gasteiger partial charge is 0.275 e. The van der Waals surface area contributed by atoms with Crippen LogP contribution >= 0.6 is 0 Å². The highest BCUT2D eigenvalue weighted by molar-refractivity contribution is 7.02. The van der Waals surface area contributed by atoms with Crippen LogP contribution in [0.4, 0.5) is 0 Å². The zero-order chi connectivity index (χ0) is 19.6. The lowest BCUT2D eigenvalue weighted by molar-refractivity contribution is 0.160. The lowest BCUT2D eigenvalue weighted by atomic mass is 10.1. The van der Waals surface area contributed by atoms with Crippen LogP contribution < -0.4 is 9.96 Å². The van der Waals surface area contributed by atoms with Crippen molar-refractivity contribution < 1.29 is 0 Å². The van der Waals surface area contributed by atoms with Gasteiger partial charge in [-0.2, -0.15) is 0 Å². The SMILES string of the molecule is CC(C)(C)N[Si]1(C)N(C(C)(C)C)[Si](C)(NC(C)(C)C)N1C(C)(C)C. The van der Waals surface area contributed by atoms with E-state index in [1.165, 1.54) is 0 Å². The lowest BCUT2D eigenvalue weighted by Gasteiger charge is -2.76. The van der Waals surface area contributed by atoms with E-state index in [-0.39, 0.29) is 22.2 Å². The predicted octanol–water partition coefficient (Wildman–Crippen LogP) is 4.11. The van der Waals surface area contributed by atoms with Crippen LogP contribution in [0, 0.1) is 0 Å². The molecule has 0 radical (unpaired) electrons. The van der Waals surface area contributed by atoms with Crippen LogP contribution in [0.3, 0.4) is 0 Å². The Morgan fingerprint density at radius 2 is 0.708 bits per heavy atom. The number of hydrogen-bond acceptors (Lipinski definition) is 4. The molecule has 1 rings (SSSR count). The van der Waals surface area contributed by atoms with Gasteiger partial charge in [0.25, 0.3) is 17.1 Å². The molecule has 0 amide bonds. The molecular formula is C18H44N4Si2. The predicted molar refractivity (Wildman–Crippen MR) is 112 cm³/mol. The summed E-state index contributed by atoms with van der Waals surface area (Å²) in [6.07, 6.45) is 0. The molecule has 0 spiro atoms. The second kappa shape index (κ2) is 5.89. The molecule has 0 saturated carbocycles. The van der Waals surface area contributed by atoms with E-state index in [9.17, 15) is 0 Å². The molecule has 0 aromatic carbocycles. The van der Waals surface area contributed by atoms with Gasteiger partial charge in [0.05, 0.1) is 0 Å². The Hall–Kier alpha value is 0.274. The molecule has 0 atom stereocenters. The van der Waals surface area contributed by atoms with Crippen molar-refractivity contribution in [3.8, 4) is 0 Å². The maximum atomic E-state index is 4.07. The van der Waals surface area contributed by atoms with Gasteiger partial charge < -0.3 is 9.96 Å². The molecule has 144 valence electrons. The second-order valence-electron chi connectivity index (χ2n) is 11.8. The zero-order valence-electron chi connectivity index (χ0n) is 18.9. The van der Waals surface area contributed by atoms with Crippen LogP contribution in [-0.4, -0.2) is 47.7 Å². The molecule has 0 unspecified atom stereocenters. The Labute approximate surface area is 154 Å². The molecule has 1 aliphatic heterocycles. The molecule has 0 aliphatic carbocycles. The molecule has 6 heteroatoms. The number of nitrogens with one attached hydrogen (secondary N) is 2. The van der Waals surface area contributed by atoms with E-state index >= 15 is 0 Å². The molecular weight excluding hydrogens is 328 g/mol. The summed E-state index contributed by atoms with van der Waals surface area (Å²) in [6, 6.07) is 0. The molecule has 0 aromatic rings. The van der Waals surface area contributed by atoms with Gasteiger partial charge in [-0.15, -0.1) is 0 Å². The van der Waals surface area contributed by atoms with Crippen LogP contribution in [0.25, 0.3) is 0 Å². The molecule has 1 heterocycles. The van der Waals surface area contributed by atoms with Crippen LogP contribution in [-0.2, 0) is 0 Å². The van der Waals surface area contributed by atoms with E-state index < -0.39 is 17.1 Å². The summed E-state index contributed by atoms with van der Waals surface area (Å²) in [4.78, 5) is 8.14. The maximum Gasteiger partial charge on any atom is 0.275 e. The molecule has 2 N–H and O–H groups in total. The lowest BCUT2D eigenvalue weighted by Crippen LogP contribution is -3.05. The first-order valence-corrected chi connectivity index (χ1v) is 14.1. The average Bonchev–Trinajstić information content (AvgIpc) is 2.00. The van der Waals surface area contributed by atoms with Crippen molar-refractivity contribution in [1.29, 1.82) is 0 Å². The van der Waals surface area contributed by atoms with E-state index in [1.807, 2.05) is 0 Å². The third kappa shape index (κ3) is 4.33. The van der Waals surface area contributed by atoms with Crippen molar-refractivity contribution in [2.75, 3.05) is 0 Å². The minimum absolute atomic E-state index is 0.103. The summed E-state index contributed by atoms with van der Waals surface area (Å²) in [5.41, 5.74) is 0.483. The summed E-state index contributed by atoms with van der Waals surface area (Å²) in [7, 11) is -3.96. The van der Waals surface area contributed by atoms with E-state index in [2.05, 4.69) is 115 Å². The van der Waals surface area contributed by atoms with Crippen molar-refractivity contribution in [3.63, 3.8) is 0 Å². The average molecular weight is 373 g/mol. The third-order valence-electron chi connectivity index (χ3n) is 4.31. The van der Waals surface area contributed by atoms with Gasteiger partial charge in [-0.1, -0.05) is 0 Å². The third-order valence-corrected chi connectivity index (χ3v) is 18.1. The standard InChI is InChI=1S/C18H44N4Si2/c1-15(2,3)19-23(13)21(17(7,8)9)24(14,20-16(4,5)6)22(23)18(10,11)12/h19-20H,1-14H3. The summed E-state index contributed by atoms with van der Waals surface area (Å²) in [6.45, 7) is 33.0. The molecule has 1 saturated heterocycles. The molecule has 0 aromatic heterocycles. The maximum absolute atomic E-state index is 4.07. The Bertz CT molecular complexity index is 411. The fraction of sp³-hybridized carbons (Fsp3) is 1.00. The van der Waals surface area contributed by atoms with Crippen LogP contribution in [0.5, 0.6) is 0 Å². The van der Waals surface area contributed by atoms with Gasteiger partial charge in [0, 0.05) is 22.2 Å². The van der Waals surface area contributed by atoms with Gasteiger partial charge in [0.15, 0.2) is 0 Å². The second-order valence-corrected chi connectivity index (χ2v) is 19.1. The molecule has 4 nitrogen and oxygen atoms in total. The van der Waals surface area contributed by atoms with E-state index in [0.29, 0.717) is 0 Å². The Kier molecular flexibility index (Phi) is 5.48. The van der Waals surface area contributed by atoms with Crippen molar-refractivity contribution in [2.24, 2.45) is 0 Å². The van der Waals surface area contributed by atoms with E-state index in [0.717, 1.165) is 0 Å². The summed E-state index contributed by atoms with van der Waals surface area (Å²) in [5.74, 6) is 0. The molecule has 0 bridgehead atoms. The summed E-state index contributed by atoms with van der Waals surface area (Å²) in [5, 5.41) is 0. The minimum Gasteiger partial charge on any atom is -0.309 e. The normalized spacial score (nSPS) is 31.2. The Morgan fingerprint density at radius 3 is 0.833 bits per heavy atom. The van der Waals surface area contributed by atoms with Crippen LogP contribution in [0.2, 0.25) is 13.1 Å². The highest BCUT2D eigenvalue weighted by Gasteiger charge is 2.73. The zero-order valence-corrected chi connectivity index (χ0v) is 20.9. The van der Waals surface area contributed by atoms with Gasteiger partial charge in [-0.3, -0.25) is 8.46 Å². The highest BCUT2D eigenvalue weighted by atomic mass is 28.5. The monoisotopic (exact) mass is 372 g/mol. The van der Waals surface area contributed by atoms with Crippen molar-refractivity contribution in [3.05, 3.63) is 0 Å². The number of nitrogens with zero attached hydrogens (tertiary/aromatic N) is 2. The first-order chi connectivity index (χ1) is 10.1. The van der Waals surface area contributed by atoms with Crippen LogP contribution in [0.15, 0.2) is 0 Å². The van der Waals surface area contributed by atoms with Crippen LogP contribution in [0.1, 0.15) is 83.1 Å². The van der Waals surface area contributed by atoms with Crippen molar-refractivity contribution in [2.45, 2.75) is 118 Å². The summed E-state index contributed by atoms with van der Waals surface area (Å²) < 4.78 is 5.74. The highest BCUT2D eigenvalue weighted by Crippen LogP contribution is 2.46. The molecule has 24 heavy (non-hydrogen) atoms. The van der Waals surface area contributed by atoms with E-state index in [4.69, 9.17) is 0 Å². The molecule has 1 fully saturated rings. The van der Waals surface area contributed by atoms with Crippen molar-refractivity contribution >= 4 is 17.1 Å². The fourth-order valence-electron chi connectivity index (χ4n) is 5.26.